The number of nitrogens with one attached hydrogen (secondary N) is 1. The van der Waals surface area contributed by atoms with Crippen LogP contribution in [-0.4, -0.2) is 47.1 Å². The minimum atomic E-state index is -0.415. The first-order valence-corrected chi connectivity index (χ1v) is 14.0. The number of urea groups is 1. The maximum atomic E-state index is 14.2. The van der Waals surface area contributed by atoms with Crippen molar-refractivity contribution in [3.63, 3.8) is 0 Å². The Labute approximate surface area is 240 Å². The molecule has 4 aromatic rings. The fraction of sp³-hybridized carbons (Fsp3) is 0.242. The summed E-state index contributed by atoms with van der Waals surface area (Å²) in [6, 6.07) is 27.6. The average Bonchev–Trinajstić information content (AvgIpc) is 3.49. The average molecular weight is 551 g/mol. The highest BCUT2D eigenvalue weighted by Gasteiger charge is 2.36. The van der Waals surface area contributed by atoms with Gasteiger partial charge >= 0.3 is 12.0 Å². The van der Waals surface area contributed by atoms with E-state index in [0.717, 1.165) is 35.5 Å². The zero-order chi connectivity index (χ0) is 28.8. The second-order valence-electron chi connectivity index (χ2n) is 9.87. The predicted molar refractivity (Wildman–Crippen MR) is 159 cm³/mol. The molecule has 1 N–H and O–H groups in total. The first kappa shape index (κ1) is 27.7. The summed E-state index contributed by atoms with van der Waals surface area (Å²) in [7, 11) is 0. The van der Waals surface area contributed by atoms with Crippen molar-refractivity contribution >= 4 is 29.3 Å². The first-order valence-electron chi connectivity index (χ1n) is 14.0. The summed E-state index contributed by atoms with van der Waals surface area (Å²) in [6.45, 7) is 4.42. The number of rotatable bonds is 9. The number of unbranched alkanes of at least 4 members (excludes halogenated alkanes) is 1. The maximum Gasteiger partial charge on any atom is 0.338 e. The van der Waals surface area contributed by atoms with Crippen molar-refractivity contribution in [2.24, 2.45) is 0 Å². The largest absolute Gasteiger partial charge is 0.462 e. The number of esters is 1. The van der Waals surface area contributed by atoms with E-state index in [9.17, 15) is 14.4 Å². The summed E-state index contributed by atoms with van der Waals surface area (Å²) in [5, 5.41) is 2.89. The van der Waals surface area contributed by atoms with Crippen LogP contribution < -0.4 is 10.2 Å². The van der Waals surface area contributed by atoms with E-state index < -0.39 is 5.97 Å². The number of hydrogen-bond acceptors (Lipinski definition) is 4. The van der Waals surface area contributed by atoms with Crippen LogP contribution in [0, 0.1) is 0 Å². The minimum Gasteiger partial charge on any atom is -0.462 e. The molecule has 5 rings (SSSR count). The molecule has 0 saturated heterocycles. The van der Waals surface area contributed by atoms with Gasteiger partial charge in [0.1, 0.15) is 12.6 Å². The van der Waals surface area contributed by atoms with Gasteiger partial charge in [0.2, 0.25) is 5.91 Å². The number of carbonyl (C=O) groups is 3. The van der Waals surface area contributed by atoms with Gasteiger partial charge in [-0.05, 0) is 67.4 Å². The number of amides is 3. The van der Waals surface area contributed by atoms with Crippen LogP contribution in [0.2, 0.25) is 0 Å². The van der Waals surface area contributed by atoms with Gasteiger partial charge in [-0.25, -0.2) is 9.59 Å². The second-order valence-corrected chi connectivity index (χ2v) is 9.87. The van der Waals surface area contributed by atoms with E-state index in [1.54, 1.807) is 36.1 Å². The minimum absolute atomic E-state index is 0.0921. The lowest BCUT2D eigenvalue weighted by molar-refractivity contribution is -0.119. The molecule has 3 aromatic carbocycles. The lowest BCUT2D eigenvalue weighted by atomic mass is 9.97. The molecule has 210 valence electrons. The third-order valence-electron chi connectivity index (χ3n) is 7.15. The Morgan fingerprint density at radius 2 is 1.56 bits per heavy atom. The highest BCUT2D eigenvalue weighted by atomic mass is 16.5. The third kappa shape index (κ3) is 5.87. The van der Waals surface area contributed by atoms with Crippen molar-refractivity contribution < 1.29 is 19.1 Å². The van der Waals surface area contributed by atoms with E-state index in [4.69, 9.17) is 4.74 Å². The molecule has 8 nitrogen and oxygen atoms in total. The molecule has 0 aliphatic carbocycles. The Balaban J connectivity index is 1.42. The van der Waals surface area contributed by atoms with Gasteiger partial charge < -0.3 is 19.5 Å². The van der Waals surface area contributed by atoms with Crippen molar-refractivity contribution in [3.05, 3.63) is 114 Å². The molecule has 1 atom stereocenters. The molecule has 0 bridgehead atoms. The van der Waals surface area contributed by atoms with Crippen LogP contribution in [0.25, 0.3) is 5.69 Å². The van der Waals surface area contributed by atoms with E-state index in [0.29, 0.717) is 17.8 Å². The number of nitrogens with zero attached hydrogens (tertiary/aromatic N) is 3. The number of fused-ring (bicyclic) bond motifs is 3. The number of aromatic nitrogens is 1. The highest BCUT2D eigenvalue weighted by Crippen LogP contribution is 2.42. The molecule has 0 fully saturated rings. The van der Waals surface area contributed by atoms with Crippen molar-refractivity contribution in [1.29, 1.82) is 0 Å². The normalized spacial score (nSPS) is 13.6. The van der Waals surface area contributed by atoms with Crippen molar-refractivity contribution in [2.75, 3.05) is 29.9 Å². The summed E-state index contributed by atoms with van der Waals surface area (Å²) in [5.41, 5.74) is 4.61. The summed E-state index contributed by atoms with van der Waals surface area (Å²) >= 11 is 0. The topological polar surface area (TPSA) is 83.9 Å². The standard InChI is InChI=1S/C33H34N4O4/c1-3-5-21-35(33(40)34-26-19-17-25(18-20-26)32(39)41-4-2)23-30(38)37-28-15-10-9-14-27(28)36-22-11-16-29(36)31(37)24-12-7-6-8-13-24/h6-20,22,31H,3-5,21,23H2,1-2H3,(H,34,40). The molecule has 0 spiro atoms. The van der Waals surface area contributed by atoms with Gasteiger partial charge in [0.25, 0.3) is 0 Å². The van der Waals surface area contributed by atoms with Crippen molar-refractivity contribution in [1.82, 2.24) is 9.47 Å². The molecule has 1 aromatic heterocycles. The van der Waals surface area contributed by atoms with Gasteiger partial charge in [-0.1, -0.05) is 55.8 Å². The number of benzene rings is 3. The Kier molecular flexibility index (Phi) is 8.48. The lowest BCUT2D eigenvalue weighted by Gasteiger charge is -2.39. The number of carbonyl (C=O) groups excluding carboxylic acids is 3. The van der Waals surface area contributed by atoms with Crippen LogP contribution in [0.3, 0.4) is 0 Å². The monoisotopic (exact) mass is 550 g/mol. The number of hydrogen-bond donors (Lipinski definition) is 1. The maximum absolute atomic E-state index is 14.2. The molecule has 1 unspecified atom stereocenters. The van der Waals surface area contributed by atoms with Crippen LogP contribution in [0.4, 0.5) is 16.2 Å². The molecule has 8 heteroatoms. The molecule has 3 amide bonds. The molecule has 2 heterocycles. The van der Waals surface area contributed by atoms with E-state index in [1.807, 2.05) is 84.8 Å². The van der Waals surface area contributed by atoms with Gasteiger partial charge in [-0.3, -0.25) is 9.69 Å². The number of anilines is 2. The molecule has 1 aliphatic rings. The summed E-state index contributed by atoms with van der Waals surface area (Å²) < 4.78 is 7.16. The highest BCUT2D eigenvalue weighted by molar-refractivity contribution is 6.01. The van der Waals surface area contributed by atoms with Gasteiger partial charge in [0.05, 0.1) is 29.2 Å². The smallest absolute Gasteiger partial charge is 0.338 e. The summed E-state index contributed by atoms with van der Waals surface area (Å²) in [4.78, 5) is 43.1. The van der Waals surface area contributed by atoms with Gasteiger partial charge in [0.15, 0.2) is 0 Å². The van der Waals surface area contributed by atoms with Gasteiger partial charge in [-0.2, -0.15) is 0 Å². The van der Waals surface area contributed by atoms with Crippen LogP contribution >= 0.6 is 0 Å². The number of ether oxygens (including phenoxy) is 1. The van der Waals surface area contributed by atoms with Crippen LogP contribution in [-0.2, 0) is 9.53 Å². The van der Waals surface area contributed by atoms with Crippen LogP contribution in [0.15, 0.2) is 97.2 Å². The van der Waals surface area contributed by atoms with Gasteiger partial charge in [0, 0.05) is 18.4 Å². The number of para-hydroxylation sites is 2. The lowest BCUT2D eigenvalue weighted by Crippen LogP contribution is -2.48. The van der Waals surface area contributed by atoms with E-state index >= 15 is 0 Å². The van der Waals surface area contributed by atoms with E-state index in [-0.39, 0.29) is 31.1 Å². The van der Waals surface area contributed by atoms with Gasteiger partial charge in [-0.15, -0.1) is 0 Å². The van der Waals surface area contributed by atoms with Crippen molar-refractivity contribution in [2.45, 2.75) is 32.7 Å². The molecule has 41 heavy (non-hydrogen) atoms. The van der Waals surface area contributed by atoms with E-state index in [2.05, 4.69) is 9.88 Å². The summed E-state index contributed by atoms with van der Waals surface area (Å²) in [6.07, 6.45) is 3.64. The Bertz CT molecular complexity index is 1510. The van der Waals surface area contributed by atoms with E-state index in [1.165, 1.54) is 0 Å². The van der Waals surface area contributed by atoms with Crippen LogP contribution in [0.5, 0.6) is 0 Å². The Morgan fingerprint density at radius 1 is 0.854 bits per heavy atom. The molecular weight excluding hydrogens is 516 g/mol. The zero-order valence-corrected chi connectivity index (χ0v) is 23.3. The fourth-order valence-electron chi connectivity index (χ4n) is 5.16. The first-order chi connectivity index (χ1) is 20.0. The predicted octanol–water partition coefficient (Wildman–Crippen LogP) is 6.42. The fourth-order valence-corrected chi connectivity index (χ4v) is 5.16. The molecule has 0 radical (unpaired) electrons. The second kappa shape index (κ2) is 12.6. The summed E-state index contributed by atoms with van der Waals surface area (Å²) in [5.74, 6) is -0.593. The Morgan fingerprint density at radius 3 is 2.27 bits per heavy atom. The zero-order valence-electron chi connectivity index (χ0n) is 23.3. The third-order valence-corrected chi connectivity index (χ3v) is 7.15. The Hall–Kier alpha value is -4.85. The van der Waals surface area contributed by atoms with Crippen molar-refractivity contribution in [3.8, 4) is 5.69 Å². The molecule has 1 aliphatic heterocycles. The molecular formula is C33H34N4O4. The SMILES string of the molecule is CCCCN(CC(=O)N1c2ccccc2-n2cccc2C1c1ccccc1)C(=O)Nc1ccc(C(=O)OCC)cc1. The quantitative estimate of drug-likeness (QED) is 0.244. The van der Waals surface area contributed by atoms with Crippen LogP contribution in [0.1, 0.15) is 54.3 Å². The molecule has 0 saturated carbocycles.